The van der Waals surface area contributed by atoms with Gasteiger partial charge in [0.25, 0.3) is 0 Å². The van der Waals surface area contributed by atoms with Crippen molar-refractivity contribution in [3.8, 4) is 39.8 Å². The molecule has 0 bridgehead atoms. The van der Waals surface area contributed by atoms with Gasteiger partial charge in [0.15, 0.2) is 11.5 Å². The van der Waals surface area contributed by atoms with Crippen LogP contribution in [-0.2, 0) is 0 Å². The second kappa shape index (κ2) is 6.00. The van der Waals surface area contributed by atoms with Crippen LogP contribution in [0.1, 0.15) is 0 Å². The zero-order chi connectivity index (χ0) is 16.4. The number of phenols is 1. The van der Waals surface area contributed by atoms with Crippen molar-refractivity contribution in [1.29, 1.82) is 0 Å². The van der Waals surface area contributed by atoms with Gasteiger partial charge in [0.05, 0.1) is 25.6 Å². The highest BCUT2D eigenvalue weighted by Gasteiger charge is 2.12. The van der Waals surface area contributed by atoms with Crippen molar-refractivity contribution in [1.82, 2.24) is 10.2 Å². The van der Waals surface area contributed by atoms with Crippen molar-refractivity contribution in [3.63, 3.8) is 0 Å². The number of methoxy groups -OCH3 is 2. The average molecular weight is 314 g/mol. The summed E-state index contributed by atoms with van der Waals surface area (Å²) in [4.78, 5) is 0. The van der Waals surface area contributed by atoms with Gasteiger partial charge >= 0.3 is 0 Å². The van der Waals surface area contributed by atoms with E-state index in [2.05, 4.69) is 10.2 Å². The van der Waals surface area contributed by atoms with Crippen LogP contribution in [0.25, 0.3) is 22.5 Å². The van der Waals surface area contributed by atoms with Crippen molar-refractivity contribution in [3.05, 3.63) is 48.3 Å². The molecule has 5 nitrogen and oxygen atoms in total. The predicted octanol–water partition coefficient (Wildman–Crippen LogP) is 3.61. The summed E-state index contributed by atoms with van der Waals surface area (Å²) in [5.74, 6) is 0.756. The number of hydrogen-bond acceptors (Lipinski definition) is 4. The van der Waals surface area contributed by atoms with Crippen LogP contribution in [0, 0.1) is 5.82 Å². The maximum absolute atomic E-state index is 13.4. The van der Waals surface area contributed by atoms with E-state index >= 15 is 0 Å². The Balaban J connectivity index is 2.00. The normalized spacial score (nSPS) is 10.6. The zero-order valence-corrected chi connectivity index (χ0v) is 12.6. The Labute approximate surface area is 132 Å². The number of nitrogens with one attached hydrogen (secondary N) is 1. The molecule has 0 aliphatic heterocycles. The molecule has 6 heteroatoms. The summed E-state index contributed by atoms with van der Waals surface area (Å²) in [6.07, 6.45) is 0. The third kappa shape index (κ3) is 2.83. The van der Waals surface area contributed by atoms with E-state index in [1.54, 1.807) is 32.4 Å². The highest BCUT2D eigenvalue weighted by atomic mass is 19.1. The van der Waals surface area contributed by atoms with Gasteiger partial charge in [-0.25, -0.2) is 4.39 Å². The first-order valence-electron chi connectivity index (χ1n) is 6.89. The Hall–Kier alpha value is -3.02. The van der Waals surface area contributed by atoms with Gasteiger partial charge in [-0.05, 0) is 42.5 Å². The van der Waals surface area contributed by atoms with Crippen molar-refractivity contribution in [2.75, 3.05) is 14.2 Å². The van der Waals surface area contributed by atoms with E-state index in [0.717, 1.165) is 5.56 Å². The van der Waals surface area contributed by atoms with E-state index < -0.39 is 5.82 Å². The summed E-state index contributed by atoms with van der Waals surface area (Å²) in [7, 11) is 3.12. The number of H-pyrrole nitrogens is 1. The minimum absolute atomic E-state index is 0.0195. The van der Waals surface area contributed by atoms with Gasteiger partial charge in [-0.2, -0.15) is 5.10 Å². The molecule has 2 aromatic carbocycles. The molecule has 3 aromatic rings. The third-order valence-corrected chi connectivity index (χ3v) is 3.51. The second-order valence-corrected chi connectivity index (χ2v) is 4.90. The van der Waals surface area contributed by atoms with Crippen LogP contribution in [-0.4, -0.2) is 29.5 Å². The van der Waals surface area contributed by atoms with Gasteiger partial charge in [0, 0.05) is 11.1 Å². The fraction of sp³-hybridized carbons (Fsp3) is 0.118. The number of aromatic amines is 1. The zero-order valence-electron chi connectivity index (χ0n) is 12.6. The third-order valence-electron chi connectivity index (χ3n) is 3.51. The summed E-state index contributed by atoms with van der Waals surface area (Å²) in [6, 6.07) is 10.9. The molecule has 118 valence electrons. The fourth-order valence-electron chi connectivity index (χ4n) is 2.33. The number of rotatable bonds is 4. The van der Waals surface area contributed by atoms with Gasteiger partial charge in [0.1, 0.15) is 11.6 Å². The van der Waals surface area contributed by atoms with Crippen molar-refractivity contribution in [2.24, 2.45) is 0 Å². The SMILES string of the molecule is COc1ccc(-c2cc(-c3cc(F)ccc3O)[nH]n2)cc1OC. The molecule has 0 unspecified atom stereocenters. The molecule has 1 heterocycles. The van der Waals surface area contributed by atoms with Gasteiger partial charge in [-0.15, -0.1) is 0 Å². The number of halogens is 1. The quantitative estimate of drug-likeness (QED) is 0.772. The van der Waals surface area contributed by atoms with Gasteiger partial charge in [-0.1, -0.05) is 0 Å². The largest absolute Gasteiger partial charge is 0.507 e. The maximum Gasteiger partial charge on any atom is 0.161 e. The summed E-state index contributed by atoms with van der Waals surface area (Å²) in [5.41, 5.74) is 2.32. The van der Waals surface area contributed by atoms with E-state index in [9.17, 15) is 9.50 Å². The lowest BCUT2D eigenvalue weighted by molar-refractivity contribution is 0.355. The molecular weight excluding hydrogens is 299 g/mol. The number of aromatic hydroxyl groups is 1. The van der Waals surface area contributed by atoms with Crippen LogP contribution in [0.3, 0.4) is 0 Å². The molecule has 3 rings (SSSR count). The highest BCUT2D eigenvalue weighted by molar-refractivity contribution is 5.73. The molecule has 1 aromatic heterocycles. The molecular formula is C17H15FN2O3. The number of ether oxygens (including phenoxy) is 2. The lowest BCUT2D eigenvalue weighted by Gasteiger charge is -2.08. The number of nitrogens with zero attached hydrogens (tertiary/aromatic N) is 1. The minimum Gasteiger partial charge on any atom is -0.507 e. The maximum atomic E-state index is 13.4. The van der Waals surface area contributed by atoms with Gasteiger partial charge < -0.3 is 14.6 Å². The number of benzene rings is 2. The molecule has 0 radical (unpaired) electrons. The number of hydrogen-bond donors (Lipinski definition) is 2. The summed E-state index contributed by atoms with van der Waals surface area (Å²) < 4.78 is 23.8. The minimum atomic E-state index is -0.430. The molecule has 0 atom stereocenters. The topological polar surface area (TPSA) is 67.4 Å². The Bertz CT molecular complexity index is 846. The molecule has 0 saturated carbocycles. The monoisotopic (exact) mass is 314 g/mol. The summed E-state index contributed by atoms with van der Waals surface area (Å²) in [6.45, 7) is 0. The van der Waals surface area contributed by atoms with Crippen LogP contribution in [0.4, 0.5) is 4.39 Å². The Morgan fingerprint density at radius 1 is 1.00 bits per heavy atom. The average Bonchev–Trinajstić information content (AvgIpc) is 3.06. The van der Waals surface area contributed by atoms with E-state index in [0.29, 0.717) is 28.5 Å². The molecule has 0 amide bonds. The van der Waals surface area contributed by atoms with E-state index in [1.807, 2.05) is 6.07 Å². The fourth-order valence-corrected chi connectivity index (χ4v) is 2.33. The smallest absolute Gasteiger partial charge is 0.161 e. The van der Waals surface area contributed by atoms with E-state index in [1.165, 1.54) is 18.2 Å². The molecule has 23 heavy (non-hydrogen) atoms. The first kappa shape index (κ1) is 14.9. The lowest BCUT2D eigenvalue weighted by atomic mass is 10.1. The molecule has 0 fully saturated rings. The Kier molecular flexibility index (Phi) is 3.89. The lowest BCUT2D eigenvalue weighted by Crippen LogP contribution is -1.90. The molecule has 2 N–H and O–H groups in total. The van der Waals surface area contributed by atoms with Crippen molar-refractivity contribution < 1.29 is 19.0 Å². The standard InChI is InChI=1S/C17H15FN2O3/c1-22-16-6-3-10(7-17(16)23-2)13-9-14(20-19-13)12-8-11(18)4-5-15(12)21/h3-9,21H,1-2H3,(H,19,20). The van der Waals surface area contributed by atoms with E-state index in [4.69, 9.17) is 9.47 Å². The van der Waals surface area contributed by atoms with Crippen LogP contribution in [0.15, 0.2) is 42.5 Å². The molecule has 0 saturated heterocycles. The predicted molar refractivity (Wildman–Crippen MR) is 84.2 cm³/mol. The van der Waals surface area contributed by atoms with Crippen molar-refractivity contribution in [2.45, 2.75) is 0 Å². The molecule has 0 aliphatic carbocycles. The molecule has 0 spiro atoms. The van der Waals surface area contributed by atoms with Crippen molar-refractivity contribution >= 4 is 0 Å². The molecule has 0 aliphatic rings. The van der Waals surface area contributed by atoms with Crippen LogP contribution in [0.5, 0.6) is 17.2 Å². The van der Waals surface area contributed by atoms with Crippen LogP contribution >= 0.6 is 0 Å². The second-order valence-electron chi connectivity index (χ2n) is 4.90. The van der Waals surface area contributed by atoms with Gasteiger partial charge in [0.2, 0.25) is 0 Å². The Morgan fingerprint density at radius 2 is 1.78 bits per heavy atom. The van der Waals surface area contributed by atoms with E-state index in [-0.39, 0.29) is 5.75 Å². The van der Waals surface area contributed by atoms with Crippen LogP contribution in [0.2, 0.25) is 0 Å². The highest BCUT2D eigenvalue weighted by Crippen LogP contribution is 2.34. The summed E-state index contributed by atoms with van der Waals surface area (Å²) >= 11 is 0. The summed E-state index contributed by atoms with van der Waals surface area (Å²) in [5, 5.41) is 16.9. The Morgan fingerprint density at radius 3 is 2.52 bits per heavy atom. The first-order valence-corrected chi connectivity index (χ1v) is 6.89. The van der Waals surface area contributed by atoms with Gasteiger partial charge in [-0.3, -0.25) is 5.10 Å². The number of phenolic OH excluding ortho intramolecular Hbond substituents is 1. The number of aromatic nitrogens is 2. The first-order chi connectivity index (χ1) is 11.1. The van der Waals surface area contributed by atoms with Crippen LogP contribution < -0.4 is 9.47 Å².